The van der Waals surface area contributed by atoms with Gasteiger partial charge in [0.15, 0.2) is 11.5 Å². The number of ether oxygens (including phenoxy) is 2. The molecule has 2 aromatic carbocycles. The third kappa shape index (κ3) is 3.61. The maximum Gasteiger partial charge on any atom is 0.260 e. The van der Waals surface area contributed by atoms with E-state index in [1.165, 1.54) is 10.4 Å². The summed E-state index contributed by atoms with van der Waals surface area (Å²) in [5, 5.41) is 5.65. The van der Waals surface area contributed by atoms with E-state index in [4.69, 9.17) is 19.6 Å². The predicted molar refractivity (Wildman–Crippen MR) is 141 cm³/mol. The lowest BCUT2D eigenvalue weighted by Crippen LogP contribution is -2.15. The largest absolute Gasteiger partial charge is 0.486 e. The molecule has 4 heterocycles. The van der Waals surface area contributed by atoms with Crippen LogP contribution in [0.1, 0.15) is 28.2 Å². The average Bonchev–Trinajstić information content (AvgIpc) is 3.62. The van der Waals surface area contributed by atoms with Crippen LogP contribution in [0.3, 0.4) is 0 Å². The molecule has 7 rings (SSSR count). The van der Waals surface area contributed by atoms with E-state index in [-0.39, 0.29) is 5.56 Å². The third-order valence-corrected chi connectivity index (χ3v) is 7.78. The Balaban J connectivity index is 1.31. The molecule has 1 N–H and O–H groups in total. The lowest BCUT2D eigenvalue weighted by atomic mass is 10.1. The van der Waals surface area contributed by atoms with Crippen LogP contribution in [0.15, 0.2) is 59.5 Å². The van der Waals surface area contributed by atoms with E-state index in [1.807, 2.05) is 71.6 Å². The van der Waals surface area contributed by atoms with Gasteiger partial charge in [0.25, 0.3) is 5.56 Å². The molecule has 0 unspecified atom stereocenters. The zero-order valence-electron chi connectivity index (χ0n) is 19.4. The molecule has 7 nitrogen and oxygen atoms in total. The van der Waals surface area contributed by atoms with Crippen molar-refractivity contribution in [3.05, 3.63) is 86.9 Å². The summed E-state index contributed by atoms with van der Waals surface area (Å²) in [5.41, 5.74) is 4.69. The Kier molecular flexibility index (Phi) is 4.99. The van der Waals surface area contributed by atoms with Crippen molar-refractivity contribution in [2.45, 2.75) is 19.3 Å². The second-order valence-electron chi connectivity index (χ2n) is 8.89. The van der Waals surface area contributed by atoms with Gasteiger partial charge in [-0.05, 0) is 67.3 Å². The molecule has 2 aliphatic rings. The van der Waals surface area contributed by atoms with Gasteiger partial charge >= 0.3 is 0 Å². The van der Waals surface area contributed by atoms with E-state index in [0.717, 1.165) is 57.7 Å². The lowest BCUT2D eigenvalue weighted by molar-refractivity contribution is 0.171. The molecule has 3 aromatic heterocycles. The van der Waals surface area contributed by atoms with Crippen molar-refractivity contribution in [1.82, 2.24) is 19.7 Å². The van der Waals surface area contributed by atoms with Gasteiger partial charge < -0.3 is 14.5 Å². The molecular formula is C28H22N4O3S. The van der Waals surface area contributed by atoms with E-state index in [0.29, 0.717) is 24.8 Å². The number of aryl methyl sites for hydroxylation is 2. The number of aromatic nitrogens is 4. The second kappa shape index (κ2) is 8.49. The van der Waals surface area contributed by atoms with Crippen LogP contribution in [0.4, 0.5) is 0 Å². The minimum absolute atomic E-state index is 0.0638. The molecule has 1 aliphatic carbocycles. The summed E-state index contributed by atoms with van der Waals surface area (Å²) in [4.78, 5) is 22.7. The van der Waals surface area contributed by atoms with Gasteiger partial charge in [0.05, 0.1) is 11.1 Å². The minimum Gasteiger partial charge on any atom is -0.486 e. The maximum atomic E-state index is 12.9. The smallest absolute Gasteiger partial charge is 0.260 e. The molecule has 5 aromatic rings. The number of rotatable bonds is 4. The van der Waals surface area contributed by atoms with Crippen LogP contribution in [0.25, 0.3) is 39.3 Å². The number of thiophene rings is 1. The number of nitrogens with zero attached hydrogens (tertiary/aromatic N) is 3. The van der Waals surface area contributed by atoms with E-state index >= 15 is 0 Å². The van der Waals surface area contributed by atoms with Gasteiger partial charge in [-0.1, -0.05) is 18.2 Å². The molecule has 0 saturated heterocycles. The fourth-order valence-electron chi connectivity index (χ4n) is 4.90. The van der Waals surface area contributed by atoms with E-state index < -0.39 is 0 Å². The summed E-state index contributed by atoms with van der Waals surface area (Å²) in [6, 6.07) is 15.8. The van der Waals surface area contributed by atoms with Crippen LogP contribution >= 0.6 is 11.3 Å². The summed E-state index contributed by atoms with van der Waals surface area (Å²) in [7, 11) is 0. The number of para-hydroxylation sites is 1. The van der Waals surface area contributed by atoms with Crippen LogP contribution < -0.4 is 15.0 Å². The van der Waals surface area contributed by atoms with Crippen molar-refractivity contribution >= 4 is 33.7 Å². The van der Waals surface area contributed by atoms with E-state index in [2.05, 4.69) is 4.98 Å². The number of fused-ring (bicyclic) bond motifs is 4. The third-order valence-electron chi connectivity index (χ3n) is 6.59. The zero-order chi connectivity index (χ0) is 24.1. The van der Waals surface area contributed by atoms with Crippen LogP contribution in [0, 0.1) is 0 Å². The molecule has 178 valence electrons. The van der Waals surface area contributed by atoms with Crippen molar-refractivity contribution in [2.24, 2.45) is 0 Å². The number of hydrogen-bond donors (Lipinski definition) is 1. The average molecular weight is 495 g/mol. The minimum atomic E-state index is -0.0638. The Morgan fingerprint density at radius 3 is 2.75 bits per heavy atom. The van der Waals surface area contributed by atoms with E-state index in [1.54, 1.807) is 11.3 Å². The molecule has 0 spiro atoms. The summed E-state index contributed by atoms with van der Waals surface area (Å²) in [6.45, 7) is 1.07. The summed E-state index contributed by atoms with van der Waals surface area (Å²) in [5.74, 6) is 1.99. The SMILES string of the molecule is O=c1[nH]c(/C=C/c2cn(-c3ccccc3)nc2-c2ccc3c(c2)OCCO3)nc2sc3c(c12)CCC3. The maximum absolute atomic E-state index is 12.9. The van der Waals surface area contributed by atoms with E-state index in [9.17, 15) is 4.79 Å². The fraction of sp³-hybridized carbons (Fsp3) is 0.179. The van der Waals surface area contributed by atoms with Crippen molar-refractivity contribution < 1.29 is 9.47 Å². The van der Waals surface area contributed by atoms with Crippen molar-refractivity contribution in [1.29, 1.82) is 0 Å². The molecule has 0 saturated carbocycles. The van der Waals surface area contributed by atoms with Gasteiger partial charge in [0, 0.05) is 22.2 Å². The van der Waals surface area contributed by atoms with Gasteiger partial charge in [-0.2, -0.15) is 5.10 Å². The molecule has 0 atom stereocenters. The fourth-order valence-corrected chi connectivity index (χ4v) is 6.17. The van der Waals surface area contributed by atoms with Gasteiger partial charge in [0.1, 0.15) is 29.6 Å². The Labute approximate surface area is 210 Å². The molecular weight excluding hydrogens is 472 g/mol. The highest BCUT2D eigenvalue weighted by Gasteiger charge is 2.21. The highest BCUT2D eigenvalue weighted by atomic mass is 32.1. The van der Waals surface area contributed by atoms with Gasteiger partial charge in [0.2, 0.25) is 0 Å². The molecule has 0 fully saturated rings. The van der Waals surface area contributed by atoms with Crippen LogP contribution in [0.5, 0.6) is 11.5 Å². The molecule has 0 amide bonds. The first-order valence-electron chi connectivity index (χ1n) is 12.0. The van der Waals surface area contributed by atoms with Gasteiger partial charge in [-0.3, -0.25) is 4.79 Å². The first-order chi connectivity index (χ1) is 17.7. The van der Waals surface area contributed by atoms with Gasteiger partial charge in [-0.15, -0.1) is 11.3 Å². The van der Waals surface area contributed by atoms with Crippen molar-refractivity contribution in [3.8, 4) is 28.4 Å². The van der Waals surface area contributed by atoms with Crippen LogP contribution in [0.2, 0.25) is 0 Å². The predicted octanol–water partition coefficient (Wildman–Crippen LogP) is 5.27. The Morgan fingerprint density at radius 2 is 1.86 bits per heavy atom. The monoisotopic (exact) mass is 494 g/mol. The topological polar surface area (TPSA) is 82.0 Å². The first-order valence-corrected chi connectivity index (χ1v) is 12.8. The Hall–Kier alpha value is -4.17. The van der Waals surface area contributed by atoms with Gasteiger partial charge in [-0.25, -0.2) is 9.67 Å². The first kappa shape index (κ1) is 21.1. The zero-order valence-corrected chi connectivity index (χ0v) is 20.2. The number of H-pyrrole nitrogens is 1. The normalized spacial score (nSPS) is 14.6. The number of nitrogens with one attached hydrogen (secondary N) is 1. The molecule has 8 heteroatoms. The summed E-state index contributed by atoms with van der Waals surface area (Å²) in [6.07, 6.45) is 8.90. The van der Waals surface area contributed by atoms with Crippen molar-refractivity contribution in [2.75, 3.05) is 13.2 Å². The number of aromatic amines is 1. The van der Waals surface area contributed by atoms with Crippen LogP contribution in [-0.4, -0.2) is 33.0 Å². The Bertz CT molecular complexity index is 1700. The number of benzene rings is 2. The second-order valence-corrected chi connectivity index (χ2v) is 9.98. The standard InChI is InChI=1S/C28H22N4O3S/c33-27-25-20-7-4-8-23(20)36-28(25)30-24(29-27)12-10-18-16-32(19-5-2-1-3-6-19)31-26(18)17-9-11-21-22(15-17)35-14-13-34-21/h1-3,5-6,9-12,15-16H,4,7-8,13-14H2,(H,29,30,33)/b12-10+. The quantitative estimate of drug-likeness (QED) is 0.368. The van der Waals surface area contributed by atoms with Crippen LogP contribution in [-0.2, 0) is 12.8 Å². The summed E-state index contributed by atoms with van der Waals surface area (Å²) < 4.78 is 13.3. The molecule has 0 bridgehead atoms. The highest BCUT2D eigenvalue weighted by Crippen LogP contribution is 2.36. The molecule has 1 aliphatic heterocycles. The Morgan fingerprint density at radius 1 is 1.00 bits per heavy atom. The lowest BCUT2D eigenvalue weighted by Gasteiger charge is -2.18. The molecule has 0 radical (unpaired) electrons. The van der Waals surface area contributed by atoms with Crippen molar-refractivity contribution in [3.63, 3.8) is 0 Å². The molecule has 36 heavy (non-hydrogen) atoms. The highest BCUT2D eigenvalue weighted by molar-refractivity contribution is 7.18. The summed E-state index contributed by atoms with van der Waals surface area (Å²) >= 11 is 1.64. The number of hydrogen-bond acceptors (Lipinski definition) is 6.